The SMILES string of the molecule is CC(=O)C(Br)c1ccc(CBr)c(Br)c1. The van der Waals surface area contributed by atoms with E-state index in [2.05, 4.69) is 47.8 Å². The number of carbonyl (C=O) groups excluding carboxylic acids is 1. The highest BCUT2D eigenvalue weighted by atomic mass is 79.9. The molecule has 0 aliphatic rings. The van der Waals surface area contributed by atoms with Gasteiger partial charge < -0.3 is 0 Å². The largest absolute Gasteiger partial charge is 0.298 e. The van der Waals surface area contributed by atoms with E-state index in [1.54, 1.807) is 6.92 Å². The van der Waals surface area contributed by atoms with Gasteiger partial charge in [-0.25, -0.2) is 0 Å². The summed E-state index contributed by atoms with van der Waals surface area (Å²) in [6.07, 6.45) is 0. The first-order chi connectivity index (χ1) is 6.56. The van der Waals surface area contributed by atoms with Crippen molar-refractivity contribution in [3.05, 3.63) is 33.8 Å². The summed E-state index contributed by atoms with van der Waals surface area (Å²) in [6, 6.07) is 5.94. The summed E-state index contributed by atoms with van der Waals surface area (Å²) in [7, 11) is 0. The van der Waals surface area contributed by atoms with Crippen LogP contribution in [0.25, 0.3) is 0 Å². The second-order valence-corrected chi connectivity index (χ2v) is 5.29. The molecule has 1 unspecified atom stereocenters. The third-order valence-electron chi connectivity index (χ3n) is 1.87. The van der Waals surface area contributed by atoms with Gasteiger partial charge in [0.2, 0.25) is 0 Å². The molecule has 1 aromatic carbocycles. The van der Waals surface area contributed by atoms with Gasteiger partial charge in [0.25, 0.3) is 0 Å². The van der Waals surface area contributed by atoms with E-state index >= 15 is 0 Å². The zero-order valence-electron chi connectivity index (χ0n) is 7.56. The number of Topliss-reactive ketones (excluding diaryl/α,β-unsaturated/α-hetero) is 1. The van der Waals surface area contributed by atoms with Crippen LogP contribution in [-0.4, -0.2) is 5.78 Å². The predicted octanol–water partition coefficient (Wildman–Crippen LogP) is 4.37. The quantitative estimate of drug-likeness (QED) is 0.707. The summed E-state index contributed by atoms with van der Waals surface area (Å²) >= 11 is 10.2. The van der Waals surface area contributed by atoms with Crippen LogP contribution in [0.3, 0.4) is 0 Å². The topological polar surface area (TPSA) is 17.1 Å². The molecule has 76 valence electrons. The summed E-state index contributed by atoms with van der Waals surface area (Å²) in [4.78, 5) is 10.9. The average Bonchev–Trinajstić information content (AvgIpc) is 2.16. The second kappa shape index (κ2) is 5.42. The molecular formula is C10H9Br3O. The van der Waals surface area contributed by atoms with Gasteiger partial charge >= 0.3 is 0 Å². The fourth-order valence-electron chi connectivity index (χ4n) is 1.06. The third kappa shape index (κ3) is 2.91. The van der Waals surface area contributed by atoms with E-state index in [-0.39, 0.29) is 10.6 Å². The van der Waals surface area contributed by atoms with Crippen molar-refractivity contribution in [1.29, 1.82) is 0 Å². The Morgan fingerprint density at radius 3 is 2.57 bits per heavy atom. The minimum Gasteiger partial charge on any atom is -0.298 e. The molecule has 1 nitrogen and oxygen atoms in total. The minimum absolute atomic E-state index is 0.114. The van der Waals surface area contributed by atoms with E-state index in [1.807, 2.05) is 18.2 Å². The molecule has 0 amide bonds. The Bertz CT molecular complexity index is 349. The molecule has 0 saturated heterocycles. The van der Waals surface area contributed by atoms with Crippen molar-refractivity contribution in [2.45, 2.75) is 17.1 Å². The molecule has 1 atom stereocenters. The van der Waals surface area contributed by atoms with E-state index in [0.717, 1.165) is 15.4 Å². The summed E-state index contributed by atoms with van der Waals surface area (Å²) in [5, 5.41) is 0.806. The molecule has 0 radical (unpaired) electrons. The average molecular weight is 385 g/mol. The number of hydrogen-bond donors (Lipinski definition) is 0. The molecule has 0 bridgehead atoms. The highest BCUT2D eigenvalue weighted by Gasteiger charge is 2.13. The van der Waals surface area contributed by atoms with Crippen LogP contribution in [0.1, 0.15) is 22.9 Å². The van der Waals surface area contributed by atoms with Gasteiger partial charge in [0.15, 0.2) is 0 Å². The van der Waals surface area contributed by atoms with E-state index in [1.165, 1.54) is 5.56 Å². The molecular weight excluding hydrogens is 376 g/mol. The molecule has 0 aliphatic carbocycles. The second-order valence-electron chi connectivity index (χ2n) is 2.96. The Morgan fingerprint density at radius 1 is 1.50 bits per heavy atom. The summed E-state index contributed by atoms with van der Waals surface area (Å²) in [6.45, 7) is 1.58. The van der Waals surface area contributed by atoms with Gasteiger partial charge in [-0.1, -0.05) is 59.9 Å². The molecule has 0 heterocycles. The maximum Gasteiger partial charge on any atom is 0.147 e. The lowest BCUT2D eigenvalue weighted by molar-refractivity contribution is -0.116. The standard InChI is InChI=1S/C10H9Br3O/c1-6(14)10(13)7-2-3-8(5-11)9(12)4-7/h2-4,10H,5H2,1H3. The maximum absolute atomic E-state index is 11.1. The van der Waals surface area contributed by atoms with Crippen molar-refractivity contribution < 1.29 is 4.79 Å². The number of halogens is 3. The van der Waals surface area contributed by atoms with Gasteiger partial charge in [0, 0.05) is 9.80 Å². The first-order valence-electron chi connectivity index (χ1n) is 4.05. The Morgan fingerprint density at radius 2 is 2.14 bits per heavy atom. The van der Waals surface area contributed by atoms with Crippen molar-refractivity contribution >= 4 is 53.6 Å². The number of alkyl halides is 2. The predicted molar refractivity (Wildman–Crippen MR) is 69.1 cm³/mol. The zero-order chi connectivity index (χ0) is 10.7. The van der Waals surface area contributed by atoms with Crippen LogP contribution in [0.2, 0.25) is 0 Å². The van der Waals surface area contributed by atoms with Gasteiger partial charge in [-0.15, -0.1) is 0 Å². The van der Waals surface area contributed by atoms with Gasteiger partial charge in [-0.2, -0.15) is 0 Å². The highest BCUT2D eigenvalue weighted by Crippen LogP contribution is 2.28. The van der Waals surface area contributed by atoms with Crippen molar-refractivity contribution in [3.63, 3.8) is 0 Å². The number of ketones is 1. The van der Waals surface area contributed by atoms with Crippen LogP contribution in [0, 0.1) is 0 Å². The van der Waals surface area contributed by atoms with Crippen molar-refractivity contribution in [2.75, 3.05) is 0 Å². The summed E-state index contributed by atoms with van der Waals surface area (Å²) in [5.41, 5.74) is 2.16. The van der Waals surface area contributed by atoms with Crippen LogP contribution >= 0.6 is 47.8 Å². The third-order valence-corrected chi connectivity index (χ3v) is 4.39. The van der Waals surface area contributed by atoms with Crippen LogP contribution in [0.5, 0.6) is 0 Å². The van der Waals surface area contributed by atoms with Crippen molar-refractivity contribution in [2.24, 2.45) is 0 Å². The molecule has 0 N–H and O–H groups in total. The molecule has 0 aliphatic heterocycles. The first-order valence-corrected chi connectivity index (χ1v) is 6.88. The first kappa shape index (κ1) is 12.4. The molecule has 0 spiro atoms. The zero-order valence-corrected chi connectivity index (χ0v) is 12.3. The molecule has 1 rings (SSSR count). The normalized spacial score (nSPS) is 12.6. The van der Waals surface area contributed by atoms with Crippen molar-refractivity contribution in [3.8, 4) is 0 Å². The molecule has 0 aromatic heterocycles. The minimum atomic E-state index is -0.205. The van der Waals surface area contributed by atoms with E-state index in [0.29, 0.717) is 0 Å². The van der Waals surface area contributed by atoms with Crippen LogP contribution in [0.15, 0.2) is 22.7 Å². The summed E-state index contributed by atoms with van der Waals surface area (Å²) < 4.78 is 1.03. The molecule has 14 heavy (non-hydrogen) atoms. The molecule has 0 saturated carbocycles. The lowest BCUT2D eigenvalue weighted by atomic mass is 10.1. The Hall–Kier alpha value is 0.330. The van der Waals surface area contributed by atoms with Gasteiger partial charge in [-0.05, 0) is 24.1 Å². The van der Waals surface area contributed by atoms with E-state index < -0.39 is 0 Å². The number of hydrogen-bond acceptors (Lipinski definition) is 1. The van der Waals surface area contributed by atoms with Gasteiger partial charge in [-0.3, -0.25) is 4.79 Å². The number of rotatable bonds is 3. The smallest absolute Gasteiger partial charge is 0.147 e. The Labute approximate surface area is 109 Å². The number of carbonyl (C=O) groups is 1. The highest BCUT2D eigenvalue weighted by molar-refractivity contribution is 9.11. The van der Waals surface area contributed by atoms with Gasteiger partial charge in [0.05, 0.1) is 4.83 Å². The van der Waals surface area contributed by atoms with Crippen LogP contribution in [-0.2, 0) is 10.1 Å². The monoisotopic (exact) mass is 382 g/mol. The van der Waals surface area contributed by atoms with E-state index in [4.69, 9.17) is 0 Å². The molecule has 0 fully saturated rings. The fourth-order valence-corrected chi connectivity index (χ4v) is 2.75. The lowest BCUT2D eigenvalue weighted by Gasteiger charge is -2.08. The molecule has 4 heteroatoms. The van der Waals surface area contributed by atoms with Crippen molar-refractivity contribution in [1.82, 2.24) is 0 Å². The Kier molecular flexibility index (Phi) is 4.80. The fraction of sp³-hybridized carbons (Fsp3) is 0.300. The van der Waals surface area contributed by atoms with E-state index in [9.17, 15) is 4.79 Å². The lowest BCUT2D eigenvalue weighted by Crippen LogP contribution is -2.01. The number of benzene rings is 1. The Balaban J connectivity index is 3.02. The van der Waals surface area contributed by atoms with Crippen LogP contribution < -0.4 is 0 Å². The van der Waals surface area contributed by atoms with Crippen LogP contribution in [0.4, 0.5) is 0 Å². The van der Waals surface area contributed by atoms with Gasteiger partial charge in [0.1, 0.15) is 5.78 Å². The maximum atomic E-state index is 11.1. The molecule has 1 aromatic rings. The summed E-state index contributed by atoms with van der Waals surface area (Å²) in [5.74, 6) is 0.114.